The van der Waals surface area contributed by atoms with Crippen LogP contribution in [0.4, 0.5) is 0 Å². The van der Waals surface area contributed by atoms with Gasteiger partial charge in [-0.1, -0.05) is 6.92 Å². The number of nitrogens with one attached hydrogen (secondary N) is 1. The molecule has 2 heterocycles. The maximum Gasteiger partial charge on any atom is 0.0762 e. The van der Waals surface area contributed by atoms with E-state index >= 15 is 0 Å². The van der Waals surface area contributed by atoms with Crippen LogP contribution in [-0.2, 0) is 11.3 Å². The molecule has 0 amide bonds. The van der Waals surface area contributed by atoms with E-state index in [1.807, 2.05) is 4.68 Å². The lowest BCUT2D eigenvalue weighted by molar-refractivity contribution is 0.0698. The Balaban J connectivity index is 1.80. The molecule has 1 aliphatic heterocycles. The Kier molecular flexibility index (Phi) is 4.57. The molecule has 4 heteroatoms. The van der Waals surface area contributed by atoms with Gasteiger partial charge in [-0.25, -0.2) is 0 Å². The van der Waals surface area contributed by atoms with E-state index in [1.165, 1.54) is 12.8 Å². The minimum Gasteiger partial charge on any atom is -0.380 e. The number of nitrogens with zero attached hydrogens (tertiary/aromatic N) is 2. The standard InChI is InChI=1S/C13H23N3O/c1-3-11(2)16-7-6-12(15-16)9-14-13-5-4-8-17-10-13/h6-7,11,13-14H,3-5,8-10H2,1-2H3. The van der Waals surface area contributed by atoms with E-state index in [0.717, 1.165) is 31.9 Å². The van der Waals surface area contributed by atoms with Crippen molar-refractivity contribution in [3.8, 4) is 0 Å². The molecule has 1 N–H and O–H groups in total. The molecule has 1 aromatic rings. The summed E-state index contributed by atoms with van der Waals surface area (Å²) in [5, 5.41) is 8.09. The Morgan fingerprint density at radius 1 is 1.65 bits per heavy atom. The van der Waals surface area contributed by atoms with Crippen LogP contribution < -0.4 is 5.32 Å². The van der Waals surface area contributed by atoms with Gasteiger partial charge in [-0.3, -0.25) is 4.68 Å². The summed E-state index contributed by atoms with van der Waals surface area (Å²) in [6, 6.07) is 3.09. The Morgan fingerprint density at radius 2 is 2.53 bits per heavy atom. The number of ether oxygens (including phenoxy) is 1. The third-order valence-electron chi connectivity index (χ3n) is 3.44. The second-order valence-corrected chi connectivity index (χ2v) is 4.84. The van der Waals surface area contributed by atoms with Crippen LogP contribution in [-0.4, -0.2) is 29.0 Å². The van der Waals surface area contributed by atoms with E-state index in [0.29, 0.717) is 12.1 Å². The van der Waals surface area contributed by atoms with Gasteiger partial charge in [0, 0.05) is 31.4 Å². The Labute approximate surface area is 103 Å². The summed E-state index contributed by atoms with van der Waals surface area (Å²) in [5.41, 5.74) is 1.12. The quantitative estimate of drug-likeness (QED) is 0.852. The van der Waals surface area contributed by atoms with E-state index in [9.17, 15) is 0 Å². The molecule has 1 aliphatic rings. The second kappa shape index (κ2) is 6.17. The average molecular weight is 237 g/mol. The van der Waals surface area contributed by atoms with E-state index in [2.05, 4.69) is 36.5 Å². The summed E-state index contributed by atoms with van der Waals surface area (Å²) in [6.45, 7) is 6.98. The fraction of sp³-hybridized carbons (Fsp3) is 0.769. The van der Waals surface area contributed by atoms with Crippen LogP contribution in [0.5, 0.6) is 0 Å². The largest absolute Gasteiger partial charge is 0.380 e. The molecule has 1 saturated heterocycles. The van der Waals surface area contributed by atoms with Crippen molar-refractivity contribution in [1.29, 1.82) is 0 Å². The van der Waals surface area contributed by atoms with Gasteiger partial charge in [0.1, 0.15) is 0 Å². The molecule has 2 atom stereocenters. The van der Waals surface area contributed by atoms with Crippen LogP contribution in [0.15, 0.2) is 12.3 Å². The summed E-state index contributed by atoms with van der Waals surface area (Å²) < 4.78 is 7.49. The maximum atomic E-state index is 5.44. The molecule has 0 aliphatic carbocycles. The molecule has 0 saturated carbocycles. The SMILES string of the molecule is CCC(C)n1ccc(CNC2CCCOC2)n1. The minimum absolute atomic E-state index is 0.488. The van der Waals surface area contributed by atoms with Gasteiger partial charge in [0.25, 0.3) is 0 Å². The molecule has 2 unspecified atom stereocenters. The van der Waals surface area contributed by atoms with Crippen LogP contribution in [0.25, 0.3) is 0 Å². The van der Waals surface area contributed by atoms with Crippen LogP contribution in [0.2, 0.25) is 0 Å². The Morgan fingerprint density at radius 3 is 3.24 bits per heavy atom. The Bertz CT molecular complexity index is 331. The third kappa shape index (κ3) is 3.54. The van der Waals surface area contributed by atoms with E-state index in [4.69, 9.17) is 4.74 Å². The number of hydrogen-bond donors (Lipinski definition) is 1. The van der Waals surface area contributed by atoms with Crippen molar-refractivity contribution >= 4 is 0 Å². The highest BCUT2D eigenvalue weighted by molar-refractivity contribution is 4.99. The van der Waals surface area contributed by atoms with Gasteiger partial charge in [-0.05, 0) is 32.3 Å². The normalized spacial score (nSPS) is 22.6. The lowest BCUT2D eigenvalue weighted by Crippen LogP contribution is -2.36. The topological polar surface area (TPSA) is 39.1 Å². The van der Waals surface area contributed by atoms with E-state index < -0.39 is 0 Å². The predicted molar refractivity (Wildman–Crippen MR) is 67.9 cm³/mol. The fourth-order valence-corrected chi connectivity index (χ4v) is 2.05. The first-order valence-electron chi connectivity index (χ1n) is 6.64. The summed E-state index contributed by atoms with van der Waals surface area (Å²) >= 11 is 0. The second-order valence-electron chi connectivity index (χ2n) is 4.84. The van der Waals surface area contributed by atoms with Crippen LogP contribution in [0, 0.1) is 0 Å². The van der Waals surface area contributed by atoms with Gasteiger partial charge in [0.05, 0.1) is 12.3 Å². The van der Waals surface area contributed by atoms with Crippen molar-refractivity contribution in [2.24, 2.45) is 0 Å². The summed E-state index contributed by atoms with van der Waals surface area (Å²) in [7, 11) is 0. The van der Waals surface area contributed by atoms with Crippen LogP contribution in [0.3, 0.4) is 0 Å². The molecular weight excluding hydrogens is 214 g/mol. The lowest BCUT2D eigenvalue weighted by atomic mass is 10.1. The van der Waals surface area contributed by atoms with Gasteiger partial charge in [-0.15, -0.1) is 0 Å². The first kappa shape index (κ1) is 12.6. The summed E-state index contributed by atoms with van der Waals surface area (Å²) in [4.78, 5) is 0. The zero-order valence-electron chi connectivity index (χ0n) is 10.9. The van der Waals surface area contributed by atoms with E-state index in [-0.39, 0.29) is 0 Å². The van der Waals surface area contributed by atoms with Crippen molar-refractivity contribution in [2.75, 3.05) is 13.2 Å². The number of hydrogen-bond acceptors (Lipinski definition) is 3. The molecule has 4 nitrogen and oxygen atoms in total. The van der Waals surface area contributed by atoms with Gasteiger partial charge >= 0.3 is 0 Å². The van der Waals surface area contributed by atoms with Crippen molar-refractivity contribution in [3.63, 3.8) is 0 Å². The van der Waals surface area contributed by atoms with Gasteiger partial charge in [0.15, 0.2) is 0 Å². The van der Waals surface area contributed by atoms with Crippen molar-refractivity contribution in [1.82, 2.24) is 15.1 Å². The molecule has 0 radical (unpaired) electrons. The highest BCUT2D eigenvalue weighted by atomic mass is 16.5. The van der Waals surface area contributed by atoms with Gasteiger partial charge in [-0.2, -0.15) is 5.10 Å². The van der Waals surface area contributed by atoms with Crippen LogP contribution >= 0.6 is 0 Å². The highest BCUT2D eigenvalue weighted by Gasteiger charge is 2.13. The van der Waals surface area contributed by atoms with Gasteiger partial charge in [0.2, 0.25) is 0 Å². The number of aromatic nitrogens is 2. The van der Waals surface area contributed by atoms with Crippen LogP contribution in [0.1, 0.15) is 44.8 Å². The van der Waals surface area contributed by atoms with Gasteiger partial charge < -0.3 is 10.1 Å². The maximum absolute atomic E-state index is 5.44. The zero-order chi connectivity index (χ0) is 12.1. The lowest BCUT2D eigenvalue weighted by Gasteiger charge is -2.22. The minimum atomic E-state index is 0.488. The fourth-order valence-electron chi connectivity index (χ4n) is 2.05. The molecule has 0 bridgehead atoms. The third-order valence-corrected chi connectivity index (χ3v) is 3.44. The highest BCUT2D eigenvalue weighted by Crippen LogP contribution is 2.10. The average Bonchev–Trinajstić information content (AvgIpc) is 2.85. The van der Waals surface area contributed by atoms with Crippen molar-refractivity contribution in [2.45, 2.75) is 51.7 Å². The predicted octanol–water partition coefficient (Wildman–Crippen LogP) is 2.12. The monoisotopic (exact) mass is 237 g/mol. The zero-order valence-corrected chi connectivity index (χ0v) is 10.9. The molecular formula is C13H23N3O. The molecule has 0 aromatic carbocycles. The summed E-state index contributed by atoms with van der Waals surface area (Å²) in [5.74, 6) is 0. The number of rotatable bonds is 5. The molecule has 17 heavy (non-hydrogen) atoms. The molecule has 1 fully saturated rings. The van der Waals surface area contributed by atoms with E-state index in [1.54, 1.807) is 0 Å². The Hall–Kier alpha value is -0.870. The van der Waals surface area contributed by atoms with Crippen molar-refractivity contribution < 1.29 is 4.74 Å². The summed E-state index contributed by atoms with van der Waals surface area (Å²) in [6.07, 6.45) is 5.57. The smallest absolute Gasteiger partial charge is 0.0762 e. The molecule has 96 valence electrons. The molecule has 2 rings (SSSR count). The first-order chi connectivity index (χ1) is 8.29. The first-order valence-corrected chi connectivity index (χ1v) is 6.64. The van der Waals surface area contributed by atoms with Crippen molar-refractivity contribution in [3.05, 3.63) is 18.0 Å². The molecule has 0 spiro atoms. The molecule has 1 aromatic heterocycles.